The van der Waals surface area contributed by atoms with Gasteiger partial charge in [0.2, 0.25) is 0 Å². The largest absolute Gasteiger partial charge is 0.383 e. The fraction of sp³-hybridized carbons (Fsp3) is 0.438. The van der Waals surface area contributed by atoms with E-state index in [1.165, 1.54) is 6.33 Å². The fourth-order valence-electron chi connectivity index (χ4n) is 7.27. The Hall–Kier alpha value is -4.16. The number of hydrogen-bond acceptors (Lipinski definition) is 7. The molecule has 3 saturated carbocycles. The molecular formula is C32H36N8O. The lowest BCUT2D eigenvalue weighted by molar-refractivity contribution is -0.119. The number of aryl methyl sites for hydroxylation is 1. The maximum absolute atomic E-state index is 13.5. The standard InChI is InChI=1S/C32H36N8O/c1-3-25-26(21-16-20-6-4-5-7-23(20)35-17-21)27-28(33)36-19-37-29(27)40(25)32-13-11-31(18-32,12-14-32)39-30(41)24(10-15-34-2)38-22-8-9-22/h1,4,6,10,16-17,19,22,34,38H,5,7-9,11-15,18H2,2H3,(H,39,41)(H2,33,36,37)/b24-10-. The zero-order valence-corrected chi connectivity index (χ0v) is 23.5. The van der Waals surface area contributed by atoms with Crippen LogP contribution in [0.1, 0.15) is 68.3 Å². The lowest BCUT2D eigenvalue weighted by Crippen LogP contribution is -2.47. The quantitative estimate of drug-likeness (QED) is 0.251. The first-order chi connectivity index (χ1) is 20.0. The van der Waals surface area contributed by atoms with Crippen molar-refractivity contribution in [3.63, 3.8) is 0 Å². The SMILES string of the molecule is C#Cc1c(-c2cnc3c(c2)C=CCC3)c2c(N)ncnc2n1C12CCC(NC(=O)/C(=C/CNC)NC3CC3)(CC1)C2. The van der Waals surface area contributed by atoms with Crippen LogP contribution in [0.2, 0.25) is 0 Å². The summed E-state index contributed by atoms with van der Waals surface area (Å²) in [6, 6.07) is 2.55. The molecule has 0 aromatic carbocycles. The molecule has 1 amide bonds. The van der Waals surface area contributed by atoms with Crippen LogP contribution in [0.3, 0.4) is 0 Å². The van der Waals surface area contributed by atoms with E-state index in [2.05, 4.69) is 49.6 Å². The summed E-state index contributed by atoms with van der Waals surface area (Å²) >= 11 is 0. The number of nitrogens with two attached hydrogens (primary N) is 1. The molecule has 5 N–H and O–H groups in total. The van der Waals surface area contributed by atoms with Crippen molar-refractivity contribution in [2.24, 2.45) is 0 Å². The van der Waals surface area contributed by atoms with Gasteiger partial charge in [0.05, 0.1) is 11.1 Å². The van der Waals surface area contributed by atoms with E-state index >= 15 is 0 Å². The average molecular weight is 549 g/mol. The van der Waals surface area contributed by atoms with E-state index < -0.39 is 0 Å². The molecular weight excluding hydrogens is 512 g/mol. The molecule has 4 aliphatic rings. The van der Waals surface area contributed by atoms with Crippen LogP contribution in [0.5, 0.6) is 0 Å². The van der Waals surface area contributed by atoms with Gasteiger partial charge in [0, 0.05) is 46.7 Å². The van der Waals surface area contributed by atoms with Gasteiger partial charge in [0.25, 0.3) is 5.91 Å². The smallest absolute Gasteiger partial charge is 0.267 e. The molecule has 41 heavy (non-hydrogen) atoms. The lowest BCUT2D eigenvalue weighted by Gasteiger charge is -2.31. The monoisotopic (exact) mass is 548 g/mol. The number of carbonyl (C=O) groups is 1. The first-order valence-electron chi connectivity index (χ1n) is 14.7. The molecule has 0 aliphatic heterocycles. The zero-order chi connectivity index (χ0) is 28.2. The molecule has 3 fully saturated rings. The number of likely N-dealkylation sites (N-methyl/N-ethyl adjacent to an activating group) is 1. The number of aromatic nitrogens is 4. The molecule has 0 atom stereocenters. The number of terminal acetylenes is 1. The van der Waals surface area contributed by atoms with Gasteiger partial charge in [-0.1, -0.05) is 18.1 Å². The number of rotatable bonds is 8. The number of nitrogens with one attached hydrogen (secondary N) is 3. The van der Waals surface area contributed by atoms with Gasteiger partial charge in [0.15, 0.2) is 0 Å². The first-order valence-corrected chi connectivity index (χ1v) is 14.7. The molecule has 4 aliphatic carbocycles. The van der Waals surface area contributed by atoms with Crippen molar-refractivity contribution in [3.8, 4) is 23.5 Å². The van der Waals surface area contributed by atoms with Crippen LogP contribution in [-0.4, -0.2) is 50.6 Å². The summed E-state index contributed by atoms with van der Waals surface area (Å²) in [5.41, 5.74) is 12.1. The number of hydrogen-bond donors (Lipinski definition) is 4. The molecule has 9 heteroatoms. The number of carbonyl (C=O) groups excluding carboxylic acids is 1. The molecule has 3 aromatic heterocycles. The zero-order valence-electron chi connectivity index (χ0n) is 23.5. The normalized spacial score (nSPS) is 24.8. The predicted octanol–water partition coefficient (Wildman–Crippen LogP) is 3.40. The number of amides is 1. The Morgan fingerprint density at radius 3 is 2.83 bits per heavy atom. The van der Waals surface area contributed by atoms with Crippen molar-refractivity contribution in [2.45, 2.75) is 74.9 Å². The molecule has 210 valence electrons. The van der Waals surface area contributed by atoms with Gasteiger partial charge in [-0.05, 0) is 82.5 Å². The second-order valence-corrected chi connectivity index (χ2v) is 12.1. The highest BCUT2D eigenvalue weighted by Crippen LogP contribution is 2.57. The minimum absolute atomic E-state index is 0.0279. The lowest BCUT2D eigenvalue weighted by atomic mass is 9.90. The van der Waals surface area contributed by atoms with E-state index in [0.29, 0.717) is 24.1 Å². The summed E-state index contributed by atoms with van der Waals surface area (Å²) in [7, 11) is 1.89. The van der Waals surface area contributed by atoms with Gasteiger partial charge < -0.3 is 26.3 Å². The Morgan fingerprint density at radius 1 is 1.24 bits per heavy atom. The highest BCUT2D eigenvalue weighted by atomic mass is 16.2. The molecule has 9 nitrogen and oxygen atoms in total. The van der Waals surface area contributed by atoms with E-state index in [-0.39, 0.29) is 17.0 Å². The first kappa shape index (κ1) is 25.8. The third kappa shape index (κ3) is 4.29. The van der Waals surface area contributed by atoms with Crippen molar-refractivity contribution >= 4 is 28.8 Å². The van der Waals surface area contributed by atoms with Crippen LogP contribution in [-0.2, 0) is 16.8 Å². The minimum Gasteiger partial charge on any atom is -0.383 e. The Morgan fingerprint density at radius 2 is 2.07 bits per heavy atom. The number of anilines is 1. The highest BCUT2D eigenvalue weighted by molar-refractivity contribution is 6.04. The molecule has 3 heterocycles. The van der Waals surface area contributed by atoms with Gasteiger partial charge in [-0.15, -0.1) is 6.42 Å². The number of nitrogen functional groups attached to an aromatic ring is 1. The summed E-state index contributed by atoms with van der Waals surface area (Å²) < 4.78 is 2.24. The van der Waals surface area contributed by atoms with E-state index in [0.717, 1.165) is 96.9 Å². The van der Waals surface area contributed by atoms with Gasteiger partial charge in [-0.25, -0.2) is 9.97 Å². The van der Waals surface area contributed by atoms with Crippen molar-refractivity contribution in [3.05, 3.63) is 53.4 Å². The predicted molar refractivity (Wildman–Crippen MR) is 161 cm³/mol. The van der Waals surface area contributed by atoms with Gasteiger partial charge in [0.1, 0.15) is 23.5 Å². The highest BCUT2D eigenvalue weighted by Gasteiger charge is 2.57. The van der Waals surface area contributed by atoms with Crippen LogP contribution in [0.4, 0.5) is 5.82 Å². The van der Waals surface area contributed by atoms with E-state index in [4.69, 9.17) is 22.1 Å². The van der Waals surface area contributed by atoms with Gasteiger partial charge in [-0.3, -0.25) is 9.78 Å². The van der Waals surface area contributed by atoms with Crippen LogP contribution >= 0.6 is 0 Å². The number of pyridine rings is 1. The van der Waals surface area contributed by atoms with E-state index in [1.807, 2.05) is 19.3 Å². The topological polar surface area (TPSA) is 123 Å². The number of nitrogens with zero attached hydrogens (tertiary/aromatic N) is 4. The molecule has 0 unspecified atom stereocenters. The summed E-state index contributed by atoms with van der Waals surface area (Å²) in [5, 5.41) is 10.8. The van der Waals surface area contributed by atoms with Crippen molar-refractivity contribution in [2.75, 3.05) is 19.3 Å². The molecule has 3 aromatic rings. The second kappa shape index (κ2) is 9.74. The van der Waals surface area contributed by atoms with Crippen molar-refractivity contribution in [1.82, 2.24) is 35.5 Å². The van der Waals surface area contributed by atoms with Crippen molar-refractivity contribution < 1.29 is 4.79 Å². The van der Waals surface area contributed by atoms with Gasteiger partial charge >= 0.3 is 0 Å². The Balaban J connectivity index is 1.28. The maximum Gasteiger partial charge on any atom is 0.267 e. The van der Waals surface area contributed by atoms with Crippen LogP contribution in [0, 0.1) is 12.3 Å². The fourth-order valence-corrected chi connectivity index (χ4v) is 7.27. The minimum atomic E-state index is -0.291. The molecule has 2 bridgehead atoms. The third-order valence-corrected chi connectivity index (χ3v) is 9.40. The van der Waals surface area contributed by atoms with Crippen LogP contribution in [0.25, 0.3) is 28.2 Å². The van der Waals surface area contributed by atoms with E-state index in [9.17, 15) is 4.79 Å². The molecule has 0 saturated heterocycles. The summed E-state index contributed by atoms with van der Waals surface area (Å²) in [5.74, 6) is 3.40. The van der Waals surface area contributed by atoms with Crippen LogP contribution < -0.4 is 21.7 Å². The molecule has 7 rings (SSSR count). The number of allylic oxidation sites excluding steroid dienone is 1. The molecule has 0 radical (unpaired) electrons. The summed E-state index contributed by atoms with van der Waals surface area (Å²) in [4.78, 5) is 27.4. The second-order valence-electron chi connectivity index (χ2n) is 12.1. The Labute approximate surface area is 240 Å². The third-order valence-electron chi connectivity index (χ3n) is 9.40. The number of fused-ring (bicyclic) bond motifs is 4. The van der Waals surface area contributed by atoms with Crippen molar-refractivity contribution in [1.29, 1.82) is 0 Å². The van der Waals surface area contributed by atoms with Crippen LogP contribution in [0.15, 0.2) is 36.4 Å². The summed E-state index contributed by atoms with van der Waals surface area (Å²) in [6.07, 6.45) is 24.5. The molecule has 0 spiro atoms. The summed E-state index contributed by atoms with van der Waals surface area (Å²) in [6.45, 7) is 0.636. The maximum atomic E-state index is 13.5. The van der Waals surface area contributed by atoms with E-state index in [1.54, 1.807) is 0 Å². The average Bonchev–Trinajstić information content (AvgIpc) is 3.49. The van der Waals surface area contributed by atoms with Gasteiger partial charge in [-0.2, -0.15) is 0 Å². The Bertz CT molecular complexity index is 1650. The Kier molecular flexibility index (Phi) is 6.12.